The van der Waals surface area contributed by atoms with E-state index in [4.69, 9.17) is 5.73 Å². The van der Waals surface area contributed by atoms with E-state index in [1.807, 2.05) is 17.0 Å². The van der Waals surface area contributed by atoms with Gasteiger partial charge < -0.3 is 20.9 Å². The van der Waals surface area contributed by atoms with E-state index in [1.165, 1.54) is 20.0 Å². The van der Waals surface area contributed by atoms with Crippen molar-refractivity contribution in [2.24, 2.45) is 18.7 Å². The van der Waals surface area contributed by atoms with Crippen LogP contribution in [0.25, 0.3) is 16.7 Å². The Labute approximate surface area is 343 Å². The summed E-state index contributed by atoms with van der Waals surface area (Å²) >= 11 is 0. The molecule has 61 heavy (non-hydrogen) atoms. The highest BCUT2D eigenvalue weighted by atomic mass is 19.4. The molecule has 0 spiro atoms. The van der Waals surface area contributed by atoms with Crippen molar-refractivity contribution >= 4 is 51.7 Å². The number of alkyl halides is 5. The van der Waals surface area contributed by atoms with Crippen LogP contribution in [0.2, 0.25) is 0 Å². The number of imidazole rings is 1. The first-order valence-electron chi connectivity index (χ1n) is 19.5. The van der Waals surface area contributed by atoms with Crippen LogP contribution in [0.1, 0.15) is 52.0 Å². The van der Waals surface area contributed by atoms with Gasteiger partial charge in [0.25, 0.3) is 17.7 Å². The maximum atomic E-state index is 16.0. The number of imide groups is 1. The molecule has 21 heteroatoms. The number of pyridine rings is 1. The number of primary amides is 1. The number of halogens is 5. The van der Waals surface area contributed by atoms with Crippen molar-refractivity contribution in [2.45, 2.75) is 37.4 Å². The van der Waals surface area contributed by atoms with Crippen LogP contribution < -0.4 is 31.9 Å². The van der Waals surface area contributed by atoms with E-state index in [0.29, 0.717) is 55.1 Å². The van der Waals surface area contributed by atoms with E-state index in [1.54, 1.807) is 42.3 Å². The second kappa shape index (κ2) is 15.8. The van der Waals surface area contributed by atoms with Crippen LogP contribution in [0.15, 0.2) is 71.7 Å². The van der Waals surface area contributed by atoms with E-state index in [0.717, 1.165) is 23.9 Å². The first-order chi connectivity index (χ1) is 29.0. The van der Waals surface area contributed by atoms with Gasteiger partial charge in [0, 0.05) is 64.3 Å². The summed E-state index contributed by atoms with van der Waals surface area (Å²) in [5, 5.41) is 8.82. The molecule has 16 nitrogen and oxygen atoms in total. The molecule has 3 aliphatic rings. The quantitative estimate of drug-likeness (QED) is 0.146. The monoisotopic (exact) mass is 849 g/mol. The Kier molecular flexibility index (Phi) is 10.6. The summed E-state index contributed by atoms with van der Waals surface area (Å²) in [5.41, 5.74) is 5.48. The van der Waals surface area contributed by atoms with E-state index in [-0.39, 0.29) is 37.2 Å². The Bertz CT molecular complexity index is 2600. The lowest BCUT2D eigenvalue weighted by atomic mass is 9.91. The number of hydrogen-bond donors (Lipinski definition) is 3. The van der Waals surface area contributed by atoms with Crippen LogP contribution in [0.5, 0.6) is 0 Å². The van der Waals surface area contributed by atoms with Crippen LogP contribution in [-0.4, -0.2) is 104 Å². The minimum absolute atomic E-state index is 0.0848. The standard InChI is InChI=1S/C40H40F5N11O5/c1-51-34-28(5-3-6-29(34)56(38(51)61)30-12-13-32(57)49-37(30)60)54-15-14-23(39(41,42)22-54)20-52-16-18-53(19-17-52)24-8-10-25(11-9-24)55-21-27(33(50-55)35(46)58)48-36(59)26-4-2-7-31(47-26)40(43,44)45/h2-11,21,23,30H,12-20,22H2,1H3,(H2,46,58)(H,48,59)(H,49,57,60). The van der Waals surface area contributed by atoms with E-state index < -0.39 is 71.3 Å². The number of piperidine rings is 2. The number of piperazine rings is 1. The molecule has 0 bridgehead atoms. The average molecular weight is 850 g/mol. The average Bonchev–Trinajstić information content (AvgIpc) is 3.76. The van der Waals surface area contributed by atoms with Gasteiger partial charge in [0.15, 0.2) is 5.69 Å². The molecule has 3 fully saturated rings. The highest BCUT2D eigenvalue weighted by molar-refractivity contribution is 6.07. The number of rotatable bonds is 9. The molecule has 0 radical (unpaired) electrons. The normalized spacial score (nSPS) is 19.9. The van der Waals surface area contributed by atoms with Gasteiger partial charge in [-0.05, 0) is 61.4 Å². The van der Waals surface area contributed by atoms with Gasteiger partial charge >= 0.3 is 11.9 Å². The third-order valence-corrected chi connectivity index (χ3v) is 11.5. The Morgan fingerprint density at radius 3 is 2.30 bits per heavy atom. The minimum atomic E-state index is -4.76. The number of anilines is 3. The third kappa shape index (κ3) is 8.03. The highest BCUT2D eigenvalue weighted by Gasteiger charge is 2.46. The lowest BCUT2D eigenvalue weighted by Crippen LogP contribution is -2.55. The molecule has 2 aromatic carbocycles. The number of aromatic nitrogens is 5. The second-order valence-corrected chi connectivity index (χ2v) is 15.4. The SMILES string of the molecule is Cn1c(=O)n(C2CCC(=O)NC2=O)c2cccc(N3CCC(CN4CCN(c5ccc(-n6cc(NC(=O)c7cccc(C(F)(F)F)n7)c(C(N)=O)n6)cc5)CC4)C(F)(F)C3)c21. The van der Waals surface area contributed by atoms with Crippen molar-refractivity contribution in [3.63, 3.8) is 0 Å². The van der Waals surface area contributed by atoms with Gasteiger partial charge in [0.2, 0.25) is 11.8 Å². The summed E-state index contributed by atoms with van der Waals surface area (Å²) in [6, 6.07) is 14.1. The highest BCUT2D eigenvalue weighted by Crippen LogP contribution is 2.39. The van der Waals surface area contributed by atoms with Crippen molar-refractivity contribution in [2.75, 3.05) is 60.9 Å². The van der Waals surface area contributed by atoms with Crippen molar-refractivity contribution in [3.05, 3.63) is 94.4 Å². The Morgan fingerprint density at radius 1 is 0.918 bits per heavy atom. The molecule has 4 N–H and O–H groups in total. The fourth-order valence-corrected chi connectivity index (χ4v) is 8.32. The Hall–Kier alpha value is -6.64. The van der Waals surface area contributed by atoms with Crippen LogP contribution >= 0.6 is 0 Å². The molecule has 3 aliphatic heterocycles. The number of fused-ring (bicyclic) bond motifs is 1. The lowest BCUT2D eigenvalue weighted by Gasteiger charge is -2.43. The van der Waals surface area contributed by atoms with Gasteiger partial charge in [-0.15, -0.1) is 0 Å². The van der Waals surface area contributed by atoms with Crippen LogP contribution in [0.3, 0.4) is 0 Å². The molecule has 4 amide bonds. The molecule has 0 saturated carbocycles. The summed E-state index contributed by atoms with van der Waals surface area (Å²) in [6.07, 6.45) is -3.00. The Morgan fingerprint density at radius 2 is 1.62 bits per heavy atom. The summed E-state index contributed by atoms with van der Waals surface area (Å²) in [6.45, 7) is 2.21. The Balaban J connectivity index is 0.884. The third-order valence-electron chi connectivity index (χ3n) is 11.5. The molecule has 3 saturated heterocycles. The molecule has 3 aromatic heterocycles. The number of carbonyl (C=O) groups is 4. The summed E-state index contributed by atoms with van der Waals surface area (Å²) in [4.78, 5) is 71.9. The second-order valence-electron chi connectivity index (χ2n) is 15.4. The number of nitrogens with two attached hydrogens (primary N) is 1. The topological polar surface area (TPSA) is 186 Å². The van der Waals surface area contributed by atoms with Gasteiger partial charge in [-0.1, -0.05) is 12.1 Å². The number of para-hydroxylation sites is 1. The maximum Gasteiger partial charge on any atom is 0.433 e. The van der Waals surface area contributed by atoms with Gasteiger partial charge in [-0.25, -0.2) is 23.2 Å². The van der Waals surface area contributed by atoms with Crippen LogP contribution in [-0.2, 0) is 22.8 Å². The number of nitrogens with zero attached hydrogens (tertiary/aromatic N) is 8. The molecule has 6 heterocycles. The molecule has 2 unspecified atom stereocenters. The summed E-state index contributed by atoms with van der Waals surface area (Å²) < 4.78 is 75.4. The number of amides is 4. The molecular formula is C40H40F5N11O5. The minimum Gasteiger partial charge on any atom is -0.369 e. The van der Waals surface area contributed by atoms with E-state index >= 15 is 8.78 Å². The molecule has 0 aliphatic carbocycles. The van der Waals surface area contributed by atoms with Crippen molar-refractivity contribution < 1.29 is 41.1 Å². The zero-order valence-electron chi connectivity index (χ0n) is 32.7. The fraction of sp³-hybridized carbons (Fsp3) is 0.375. The zero-order chi connectivity index (χ0) is 43.4. The van der Waals surface area contributed by atoms with Crippen LogP contribution in [0, 0.1) is 5.92 Å². The first kappa shape index (κ1) is 41.1. The largest absolute Gasteiger partial charge is 0.433 e. The predicted octanol–water partition coefficient (Wildman–Crippen LogP) is 3.55. The summed E-state index contributed by atoms with van der Waals surface area (Å²) in [5.74, 6) is -6.90. The molecule has 320 valence electrons. The fourth-order valence-electron chi connectivity index (χ4n) is 8.32. The van der Waals surface area contributed by atoms with E-state index in [2.05, 4.69) is 25.6 Å². The number of nitrogens with one attached hydrogen (secondary N) is 2. The molecule has 8 rings (SSSR count). The first-order valence-corrected chi connectivity index (χ1v) is 19.5. The number of hydrogen-bond acceptors (Lipinski definition) is 10. The number of aryl methyl sites for hydroxylation is 1. The molecular weight excluding hydrogens is 810 g/mol. The van der Waals surface area contributed by atoms with E-state index in [9.17, 15) is 37.1 Å². The summed E-state index contributed by atoms with van der Waals surface area (Å²) in [7, 11) is 1.55. The smallest absolute Gasteiger partial charge is 0.369 e. The van der Waals surface area contributed by atoms with Crippen molar-refractivity contribution in [1.29, 1.82) is 0 Å². The number of benzene rings is 2. The predicted molar refractivity (Wildman–Crippen MR) is 212 cm³/mol. The van der Waals surface area contributed by atoms with Gasteiger partial charge in [0.1, 0.15) is 17.4 Å². The number of carbonyl (C=O) groups excluding carboxylic acids is 4. The van der Waals surface area contributed by atoms with Gasteiger partial charge in [0.05, 0.1) is 40.8 Å². The lowest BCUT2D eigenvalue weighted by molar-refractivity contribution is -0.141. The van der Waals surface area contributed by atoms with Crippen molar-refractivity contribution in [1.82, 2.24) is 34.1 Å². The van der Waals surface area contributed by atoms with Gasteiger partial charge in [-0.3, -0.25) is 38.5 Å². The van der Waals surface area contributed by atoms with Crippen LogP contribution in [0.4, 0.5) is 39.0 Å². The van der Waals surface area contributed by atoms with Crippen molar-refractivity contribution in [3.8, 4) is 5.69 Å². The zero-order valence-corrected chi connectivity index (χ0v) is 32.7. The molecule has 5 aromatic rings. The molecule has 2 atom stereocenters. The van der Waals surface area contributed by atoms with Gasteiger partial charge in [-0.2, -0.15) is 18.3 Å². The maximum absolute atomic E-state index is 16.0.